The van der Waals surface area contributed by atoms with Crippen LogP contribution in [0.15, 0.2) is 36.7 Å². The summed E-state index contributed by atoms with van der Waals surface area (Å²) in [4.78, 5) is 10.6. The largest absolute Gasteiger partial charge is 0.384 e. The van der Waals surface area contributed by atoms with Gasteiger partial charge in [0.2, 0.25) is 0 Å². The summed E-state index contributed by atoms with van der Waals surface area (Å²) in [5.74, 6) is 0.499. The van der Waals surface area contributed by atoms with Crippen molar-refractivity contribution < 1.29 is 0 Å². The molecular formula is C14H17ClN4. The van der Waals surface area contributed by atoms with Crippen LogP contribution in [0.2, 0.25) is 5.02 Å². The second-order valence-corrected chi connectivity index (χ2v) is 4.73. The summed E-state index contributed by atoms with van der Waals surface area (Å²) in [7, 11) is 0. The smallest absolute Gasteiger partial charge is 0.123 e. The van der Waals surface area contributed by atoms with Crippen LogP contribution in [0.5, 0.6) is 0 Å². The molecule has 2 aromatic rings. The number of anilines is 1. The number of nitrogen functional groups attached to an aromatic ring is 1. The summed E-state index contributed by atoms with van der Waals surface area (Å²) >= 11 is 6.15. The Bertz CT molecular complexity index is 530. The van der Waals surface area contributed by atoms with Gasteiger partial charge in [0.25, 0.3) is 0 Å². The molecule has 0 atom stereocenters. The number of nitrogens with zero attached hydrogens (tertiary/aromatic N) is 3. The molecule has 0 radical (unpaired) electrons. The molecule has 0 aliphatic heterocycles. The van der Waals surface area contributed by atoms with E-state index in [1.807, 2.05) is 12.1 Å². The van der Waals surface area contributed by atoms with Crippen LogP contribution in [0.3, 0.4) is 0 Å². The molecule has 0 amide bonds. The van der Waals surface area contributed by atoms with Crippen LogP contribution >= 0.6 is 11.6 Å². The van der Waals surface area contributed by atoms with Gasteiger partial charge in [-0.05, 0) is 36.4 Å². The van der Waals surface area contributed by atoms with Crippen molar-refractivity contribution in [1.29, 1.82) is 0 Å². The molecule has 0 spiro atoms. The Kier molecular flexibility index (Phi) is 4.71. The zero-order valence-electron chi connectivity index (χ0n) is 10.9. The molecule has 0 aromatic carbocycles. The monoisotopic (exact) mass is 276 g/mol. The minimum Gasteiger partial charge on any atom is -0.384 e. The van der Waals surface area contributed by atoms with Crippen molar-refractivity contribution in [3.8, 4) is 0 Å². The van der Waals surface area contributed by atoms with Crippen molar-refractivity contribution in [3.63, 3.8) is 0 Å². The molecule has 4 nitrogen and oxygen atoms in total. The van der Waals surface area contributed by atoms with Gasteiger partial charge in [-0.1, -0.05) is 18.5 Å². The highest BCUT2D eigenvalue weighted by Gasteiger charge is 2.09. The van der Waals surface area contributed by atoms with Gasteiger partial charge in [-0.2, -0.15) is 0 Å². The van der Waals surface area contributed by atoms with E-state index in [1.165, 1.54) is 5.56 Å². The van der Waals surface area contributed by atoms with Crippen molar-refractivity contribution in [2.24, 2.45) is 0 Å². The fourth-order valence-electron chi connectivity index (χ4n) is 1.85. The third-order valence-electron chi connectivity index (χ3n) is 2.92. The van der Waals surface area contributed by atoms with Crippen molar-refractivity contribution >= 4 is 17.4 Å². The average Bonchev–Trinajstić information content (AvgIpc) is 2.43. The van der Waals surface area contributed by atoms with Gasteiger partial charge in [0.05, 0.1) is 10.7 Å². The Balaban J connectivity index is 2.09. The van der Waals surface area contributed by atoms with Crippen LogP contribution in [-0.2, 0) is 13.1 Å². The summed E-state index contributed by atoms with van der Waals surface area (Å²) in [6.07, 6.45) is 3.60. The van der Waals surface area contributed by atoms with Gasteiger partial charge in [-0.3, -0.25) is 9.88 Å². The number of pyridine rings is 2. The number of rotatable bonds is 5. The van der Waals surface area contributed by atoms with Crippen molar-refractivity contribution in [2.45, 2.75) is 20.0 Å². The van der Waals surface area contributed by atoms with Gasteiger partial charge in [0.15, 0.2) is 0 Å². The van der Waals surface area contributed by atoms with Gasteiger partial charge in [-0.25, -0.2) is 4.98 Å². The summed E-state index contributed by atoms with van der Waals surface area (Å²) in [5.41, 5.74) is 7.74. The van der Waals surface area contributed by atoms with Crippen molar-refractivity contribution in [3.05, 3.63) is 52.9 Å². The standard InChI is InChI=1S/C14H17ClN4/c1-2-19(9-11-5-7-17-8-6-11)10-13-12(15)3-4-14(16)18-13/h3-8H,2,9-10H2,1H3,(H2,16,18). The molecule has 0 bridgehead atoms. The van der Waals surface area contributed by atoms with Crippen LogP contribution in [0.4, 0.5) is 5.82 Å². The highest BCUT2D eigenvalue weighted by atomic mass is 35.5. The molecule has 0 aliphatic carbocycles. The second-order valence-electron chi connectivity index (χ2n) is 4.32. The molecule has 5 heteroatoms. The third kappa shape index (κ3) is 3.91. The molecule has 19 heavy (non-hydrogen) atoms. The summed E-state index contributed by atoms with van der Waals surface area (Å²) in [6, 6.07) is 7.53. The van der Waals surface area contributed by atoms with E-state index >= 15 is 0 Å². The lowest BCUT2D eigenvalue weighted by Crippen LogP contribution is -2.23. The fraction of sp³-hybridized carbons (Fsp3) is 0.286. The lowest BCUT2D eigenvalue weighted by Gasteiger charge is -2.20. The Morgan fingerprint density at radius 3 is 2.58 bits per heavy atom. The maximum absolute atomic E-state index is 6.15. The molecule has 0 fully saturated rings. The first-order valence-electron chi connectivity index (χ1n) is 6.21. The fourth-order valence-corrected chi connectivity index (χ4v) is 2.01. The van der Waals surface area contributed by atoms with E-state index in [0.29, 0.717) is 17.4 Å². The predicted octanol–water partition coefficient (Wildman–Crippen LogP) is 2.73. The molecule has 0 unspecified atom stereocenters. The summed E-state index contributed by atoms with van der Waals surface area (Å²) in [6.45, 7) is 4.55. The van der Waals surface area contributed by atoms with Crippen molar-refractivity contribution in [1.82, 2.24) is 14.9 Å². The molecule has 0 aliphatic rings. The zero-order chi connectivity index (χ0) is 13.7. The number of hydrogen-bond acceptors (Lipinski definition) is 4. The van der Waals surface area contributed by atoms with E-state index in [-0.39, 0.29) is 0 Å². The maximum Gasteiger partial charge on any atom is 0.123 e. The van der Waals surface area contributed by atoms with Gasteiger partial charge in [0, 0.05) is 25.5 Å². The maximum atomic E-state index is 6.15. The van der Waals surface area contributed by atoms with Crippen molar-refractivity contribution in [2.75, 3.05) is 12.3 Å². The zero-order valence-corrected chi connectivity index (χ0v) is 11.6. The normalized spacial score (nSPS) is 10.9. The molecule has 100 valence electrons. The molecule has 0 saturated heterocycles. The highest BCUT2D eigenvalue weighted by molar-refractivity contribution is 6.31. The van der Waals surface area contributed by atoms with E-state index in [1.54, 1.807) is 24.5 Å². The first kappa shape index (κ1) is 13.8. The first-order chi connectivity index (χ1) is 9.19. The van der Waals surface area contributed by atoms with Gasteiger partial charge >= 0.3 is 0 Å². The average molecular weight is 277 g/mol. The van der Waals surface area contributed by atoms with Gasteiger partial charge in [-0.15, -0.1) is 0 Å². The number of aromatic nitrogens is 2. The molecule has 2 N–H and O–H groups in total. The van der Waals surface area contributed by atoms with Gasteiger partial charge in [0.1, 0.15) is 5.82 Å². The highest BCUT2D eigenvalue weighted by Crippen LogP contribution is 2.18. The molecule has 2 rings (SSSR count). The Labute approximate surface area is 118 Å². The quantitative estimate of drug-likeness (QED) is 0.912. The Hall–Kier alpha value is -1.65. The van der Waals surface area contributed by atoms with Gasteiger partial charge < -0.3 is 5.73 Å². The first-order valence-corrected chi connectivity index (χ1v) is 6.59. The molecular weight excluding hydrogens is 260 g/mol. The van der Waals surface area contributed by atoms with E-state index in [4.69, 9.17) is 17.3 Å². The minimum absolute atomic E-state index is 0.499. The molecule has 2 heterocycles. The third-order valence-corrected chi connectivity index (χ3v) is 3.26. The van der Waals surface area contributed by atoms with E-state index in [0.717, 1.165) is 18.8 Å². The number of hydrogen-bond donors (Lipinski definition) is 1. The predicted molar refractivity (Wildman–Crippen MR) is 77.7 cm³/mol. The Morgan fingerprint density at radius 2 is 1.89 bits per heavy atom. The van der Waals surface area contributed by atoms with Crippen LogP contribution in [0.25, 0.3) is 0 Å². The van der Waals surface area contributed by atoms with Crippen LogP contribution in [-0.4, -0.2) is 21.4 Å². The van der Waals surface area contributed by atoms with E-state index in [2.05, 4.69) is 21.8 Å². The second kappa shape index (κ2) is 6.50. The summed E-state index contributed by atoms with van der Waals surface area (Å²) in [5, 5.41) is 0.655. The Morgan fingerprint density at radius 1 is 1.16 bits per heavy atom. The molecule has 0 saturated carbocycles. The van der Waals surface area contributed by atoms with E-state index < -0.39 is 0 Å². The van der Waals surface area contributed by atoms with Crippen LogP contribution in [0.1, 0.15) is 18.2 Å². The number of nitrogens with two attached hydrogens (primary N) is 1. The summed E-state index contributed by atoms with van der Waals surface area (Å²) < 4.78 is 0. The van der Waals surface area contributed by atoms with E-state index in [9.17, 15) is 0 Å². The molecule has 2 aromatic heterocycles. The lowest BCUT2D eigenvalue weighted by molar-refractivity contribution is 0.268. The SMILES string of the molecule is CCN(Cc1ccncc1)Cc1nc(N)ccc1Cl. The lowest BCUT2D eigenvalue weighted by atomic mass is 10.2. The minimum atomic E-state index is 0.499. The van der Waals surface area contributed by atoms with Crippen LogP contribution in [0, 0.1) is 0 Å². The topological polar surface area (TPSA) is 55.0 Å². The number of halogens is 1. The van der Waals surface area contributed by atoms with Crippen LogP contribution < -0.4 is 5.73 Å².